The zero-order chi connectivity index (χ0) is 15.4. The topological polar surface area (TPSA) is 64.9 Å². The summed E-state index contributed by atoms with van der Waals surface area (Å²) in [6.45, 7) is 0. The highest BCUT2D eigenvalue weighted by atomic mass is 35.5. The largest absolute Gasteiger partial charge is 0.338 e. The third kappa shape index (κ3) is 3.87. The lowest BCUT2D eigenvalue weighted by atomic mass is 9.85. The highest BCUT2D eigenvalue weighted by Crippen LogP contribution is 2.30. The molecule has 2 aromatic rings. The van der Waals surface area contributed by atoms with Crippen molar-refractivity contribution in [1.29, 1.82) is 0 Å². The maximum absolute atomic E-state index is 6.24. The number of nitrogens with zero attached hydrogens (tertiary/aromatic N) is 2. The number of hydrogen-bond acceptors (Lipinski definition) is 4. The average molecular weight is 320 g/mol. The molecule has 0 bridgehead atoms. The lowest BCUT2D eigenvalue weighted by molar-refractivity contribution is 0.283. The number of rotatable bonds is 5. The van der Waals surface area contributed by atoms with E-state index in [1.807, 2.05) is 24.3 Å². The zero-order valence-corrected chi connectivity index (χ0v) is 13.4. The first-order chi connectivity index (χ1) is 10.7. The molecule has 0 aliphatic heterocycles. The Kier molecular flexibility index (Phi) is 5.11. The van der Waals surface area contributed by atoms with Crippen molar-refractivity contribution < 1.29 is 4.52 Å². The van der Waals surface area contributed by atoms with Crippen LogP contribution in [0.4, 0.5) is 0 Å². The van der Waals surface area contributed by atoms with Crippen LogP contribution in [0.2, 0.25) is 5.02 Å². The minimum Gasteiger partial charge on any atom is -0.338 e. The van der Waals surface area contributed by atoms with E-state index in [1.165, 1.54) is 32.1 Å². The Morgan fingerprint density at radius 3 is 2.77 bits per heavy atom. The van der Waals surface area contributed by atoms with Gasteiger partial charge >= 0.3 is 0 Å². The highest BCUT2D eigenvalue weighted by Gasteiger charge is 2.21. The Labute approximate surface area is 136 Å². The van der Waals surface area contributed by atoms with Gasteiger partial charge in [-0.2, -0.15) is 4.98 Å². The molecule has 2 N–H and O–H groups in total. The fourth-order valence-electron chi connectivity index (χ4n) is 3.18. The number of halogens is 1. The van der Waals surface area contributed by atoms with Crippen LogP contribution in [-0.4, -0.2) is 10.1 Å². The van der Waals surface area contributed by atoms with Crippen molar-refractivity contribution in [2.24, 2.45) is 11.7 Å². The summed E-state index contributed by atoms with van der Waals surface area (Å²) in [6.07, 6.45) is 8.04. The van der Waals surface area contributed by atoms with Gasteiger partial charge in [0.2, 0.25) is 5.89 Å². The van der Waals surface area contributed by atoms with Gasteiger partial charge in [0.05, 0.1) is 6.04 Å². The van der Waals surface area contributed by atoms with Gasteiger partial charge < -0.3 is 10.3 Å². The molecule has 3 rings (SSSR count). The zero-order valence-electron chi connectivity index (χ0n) is 12.7. The van der Waals surface area contributed by atoms with E-state index in [0.29, 0.717) is 24.1 Å². The molecule has 1 heterocycles. The molecule has 0 amide bonds. The molecule has 1 atom stereocenters. The number of nitrogens with two attached hydrogens (primary N) is 1. The van der Waals surface area contributed by atoms with Gasteiger partial charge in [-0.1, -0.05) is 67.1 Å². The lowest BCUT2D eigenvalue weighted by Gasteiger charge is -2.22. The van der Waals surface area contributed by atoms with Crippen LogP contribution in [0.15, 0.2) is 28.8 Å². The Balaban J connectivity index is 1.61. The van der Waals surface area contributed by atoms with E-state index in [0.717, 1.165) is 17.0 Å². The monoisotopic (exact) mass is 319 g/mol. The molecule has 1 unspecified atom stereocenters. The molecule has 1 fully saturated rings. The molecule has 1 aromatic heterocycles. The summed E-state index contributed by atoms with van der Waals surface area (Å²) in [5, 5.41) is 4.76. The molecule has 5 heteroatoms. The fraction of sp³-hybridized carbons (Fsp3) is 0.529. The van der Waals surface area contributed by atoms with Gasteiger partial charge in [0, 0.05) is 11.4 Å². The first-order valence-electron chi connectivity index (χ1n) is 8.04. The first-order valence-corrected chi connectivity index (χ1v) is 8.41. The minimum absolute atomic E-state index is 0.157. The smallest absolute Gasteiger partial charge is 0.243 e. The second-order valence-electron chi connectivity index (χ2n) is 6.16. The number of benzene rings is 1. The molecule has 22 heavy (non-hydrogen) atoms. The Morgan fingerprint density at radius 2 is 2.00 bits per heavy atom. The third-order valence-corrected chi connectivity index (χ3v) is 4.79. The van der Waals surface area contributed by atoms with Crippen molar-refractivity contribution in [3.63, 3.8) is 0 Å². The Morgan fingerprint density at radius 1 is 1.23 bits per heavy atom. The second kappa shape index (κ2) is 7.25. The van der Waals surface area contributed by atoms with Crippen molar-refractivity contribution in [2.75, 3.05) is 0 Å². The fourth-order valence-corrected chi connectivity index (χ4v) is 3.39. The van der Waals surface area contributed by atoms with Gasteiger partial charge in [-0.3, -0.25) is 0 Å². The third-order valence-electron chi connectivity index (χ3n) is 4.42. The molecule has 1 saturated carbocycles. The quantitative estimate of drug-likeness (QED) is 0.893. The van der Waals surface area contributed by atoms with Gasteiger partial charge in [-0.15, -0.1) is 0 Å². The molecular formula is C17H22ClN3O. The minimum atomic E-state index is -0.157. The highest BCUT2D eigenvalue weighted by molar-refractivity contribution is 6.31. The van der Waals surface area contributed by atoms with E-state index in [2.05, 4.69) is 10.1 Å². The second-order valence-corrected chi connectivity index (χ2v) is 6.57. The van der Waals surface area contributed by atoms with E-state index in [4.69, 9.17) is 21.9 Å². The molecule has 1 aliphatic rings. The average Bonchev–Trinajstić information content (AvgIpc) is 2.99. The van der Waals surface area contributed by atoms with Crippen LogP contribution >= 0.6 is 11.6 Å². The summed E-state index contributed by atoms with van der Waals surface area (Å²) in [7, 11) is 0. The molecular weight excluding hydrogens is 298 g/mol. The van der Waals surface area contributed by atoms with Crippen molar-refractivity contribution in [3.05, 3.63) is 46.6 Å². The maximum Gasteiger partial charge on any atom is 0.243 e. The van der Waals surface area contributed by atoms with E-state index in [9.17, 15) is 0 Å². The Hall–Kier alpha value is -1.39. The van der Waals surface area contributed by atoms with Gasteiger partial charge in [0.25, 0.3) is 0 Å². The first kappa shape index (κ1) is 15.5. The predicted molar refractivity (Wildman–Crippen MR) is 86.7 cm³/mol. The number of hydrogen-bond donors (Lipinski definition) is 1. The van der Waals surface area contributed by atoms with E-state index < -0.39 is 0 Å². The lowest BCUT2D eigenvalue weighted by Crippen LogP contribution is -2.17. The molecule has 4 nitrogen and oxygen atoms in total. The van der Waals surface area contributed by atoms with Crippen LogP contribution in [0, 0.1) is 5.92 Å². The summed E-state index contributed by atoms with van der Waals surface area (Å²) in [6, 6.07) is 7.55. The Bertz CT molecular complexity index is 607. The van der Waals surface area contributed by atoms with Crippen LogP contribution in [0.5, 0.6) is 0 Å². The summed E-state index contributed by atoms with van der Waals surface area (Å²) in [5.74, 6) is 1.89. The summed E-state index contributed by atoms with van der Waals surface area (Å²) < 4.78 is 5.35. The van der Waals surface area contributed by atoms with Crippen molar-refractivity contribution in [3.8, 4) is 0 Å². The maximum atomic E-state index is 6.24. The molecule has 118 valence electrons. The molecule has 1 aliphatic carbocycles. The van der Waals surface area contributed by atoms with Crippen LogP contribution in [0.25, 0.3) is 0 Å². The molecule has 0 radical (unpaired) electrons. The van der Waals surface area contributed by atoms with Crippen molar-refractivity contribution in [1.82, 2.24) is 10.1 Å². The van der Waals surface area contributed by atoms with Crippen molar-refractivity contribution in [2.45, 2.75) is 51.0 Å². The SMILES string of the molecule is NC(CC1CCCCC1)c1nc(Cc2ccccc2Cl)no1. The van der Waals surface area contributed by atoms with Crippen LogP contribution in [0.1, 0.15) is 61.8 Å². The summed E-state index contributed by atoms with van der Waals surface area (Å²) in [4.78, 5) is 4.45. The molecule has 0 saturated heterocycles. The predicted octanol–water partition coefficient (Wildman–Crippen LogP) is 4.28. The van der Waals surface area contributed by atoms with Gasteiger partial charge in [0.1, 0.15) is 0 Å². The van der Waals surface area contributed by atoms with E-state index >= 15 is 0 Å². The van der Waals surface area contributed by atoms with E-state index in [1.54, 1.807) is 0 Å². The van der Waals surface area contributed by atoms with Gasteiger partial charge in [-0.25, -0.2) is 0 Å². The molecule has 0 spiro atoms. The van der Waals surface area contributed by atoms with Gasteiger partial charge in [0.15, 0.2) is 5.82 Å². The molecule has 1 aromatic carbocycles. The summed E-state index contributed by atoms with van der Waals surface area (Å²) >= 11 is 6.16. The van der Waals surface area contributed by atoms with Crippen LogP contribution in [-0.2, 0) is 6.42 Å². The van der Waals surface area contributed by atoms with E-state index in [-0.39, 0.29) is 6.04 Å². The number of aromatic nitrogens is 2. The standard InChI is InChI=1S/C17H22ClN3O/c18-14-9-5-4-8-13(14)11-16-20-17(22-21-16)15(19)10-12-6-2-1-3-7-12/h4-5,8-9,12,15H,1-3,6-7,10-11,19H2. The van der Waals surface area contributed by atoms with Crippen LogP contribution in [0.3, 0.4) is 0 Å². The van der Waals surface area contributed by atoms with Gasteiger partial charge in [-0.05, 0) is 24.0 Å². The van der Waals surface area contributed by atoms with Crippen molar-refractivity contribution >= 4 is 11.6 Å². The summed E-state index contributed by atoms with van der Waals surface area (Å²) in [5.41, 5.74) is 7.24. The normalized spacial score (nSPS) is 17.5. The van der Waals surface area contributed by atoms with Crippen LogP contribution < -0.4 is 5.73 Å².